The number of pyridine rings is 1. The van der Waals surface area contributed by atoms with Crippen molar-refractivity contribution in [2.24, 2.45) is 0 Å². The van der Waals surface area contributed by atoms with Crippen LogP contribution in [0.15, 0.2) is 55.1 Å². The van der Waals surface area contributed by atoms with E-state index >= 15 is 0 Å². The van der Waals surface area contributed by atoms with Gasteiger partial charge in [0.2, 0.25) is 5.91 Å². The number of halogens is 1. The Bertz CT molecular complexity index is 890. The molecule has 2 aromatic heterocycles. The highest BCUT2D eigenvalue weighted by atomic mass is 19.1. The minimum Gasteiger partial charge on any atom is -0.323 e. The number of carbonyl (C=O) groups excluding carboxylic acids is 1. The van der Waals surface area contributed by atoms with E-state index in [2.05, 4.69) is 15.4 Å². The number of benzene rings is 1. The Balaban J connectivity index is 1.73. The Hall–Kier alpha value is -3.02. The number of nitrogens with zero attached hydrogens (tertiary/aromatic N) is 3. The molecule has 2 heterocycles. The first-order chi connectivity index (χ1) is 12.0. The first kappa shape index (κ1) is 16.8. The van der Waals surface area contributed by atoms with Crippen molar-refractivity contribution in [3.05, 3.63) is 72.1 Å². The van der Waals surface area contributed by atoms with E-state index in [1.54, 1.807) is 35.4 Å². The van der Waals surface area contributed by atoms with Crippen molar-refractivity contribution in [1.82, 2.24) is 14.8 Å². The summed E-state index contributed by atoms with van der Waals surface area (Å²) >= 11 is 0. The van der Waals surface area contributed by atoms with E-state index in [-0.39, 0.29) is 24.1 Å². The van der Waals surface area contributed by atoms with Gasteiger partial charge in [-0.05, 0) is 42.2 Å². The molecule has 0 bridgehead atoms. The van der Waals surface area contributed by atoms with Crippen molar-refractivity contribution in [2.45, 2.75) is 26.2 Å². The monoisotopic (exact) mass is 338 g/mol. The number of amides is 1. The average Bonchev–Trinajstić information content (AvgIpc) is 3.01. The minimum absolute atomic E-state index is 0.0947. The first-order valence-electron chi connectivity index (χ1n) is 8.04. The molecule has 0 aliphatic carbocycles. The fraction of sp³-hybridized carbons (Fsp3) is 0.211. The summed E-state index contributed by atoms with van der Waals surface area (Å²) in [6.07, 6.45) is 7.11. The normalized spacial score (nSPS) is 12.0. The fourth-order valence-electron chi connectivity index (χ4n) is 2.64. The van der Waals surface area contributed by atoms with Crippen LogP contribution in [-0.2, 0) is 4.79 Å². The number of nitrogens with one attached hydrogen (secondary N) is 1. The maximum absolute atomic E-state index is 13.3. The van der Waals surface area contributed by atoms with Crippen LogP contribution in [0.4, 0.5) is 10.1 Å². The van der Waals surface area contributed by atoms with Gasteiger partial charge in [0.05, 0.1) is 23.8 Å². The average molecular weight is 338 g/mol. The molecule has 0 radical (unpaired) electrons. The zero-order valence-corrected chi connectivity index (χ0v) is 14.1. The van der Waals surface area contributed by atoms with Crippen molar-refractivity contribution >= 4 is 11.6 Å². The van der Waals surface area contributed by atoms with Gasteiger partial charge in [-0.15, -0.1) is 0 Å². The molecule has 3 aromatic rings. The Kier molecular flexibility index (Phi) is 4.88. The van der Waals surface area contributed by atoms with E-state index in [1.165, 1.54) is 12.1 Å². The van der Waals surface area contributed by atoms with Crippen LogP contribution in [0.3, 0.4) is 0 Å². The van der Waals surface area contributed by atoms with Crippen LogP contribution in [0, 0.1) is 12.7 Å². The maximum atomic E-state index is 13.3. The summed E-state index contributed by atoms with van der Waals surface area (Å²) in [7, 11) is 0. The van der Waals surface area contributed by atoms with Crippen LogP contribution in [-0.4, -0.2) is 20.7 Å². The topological polar surface area (TPSA) is 59.8 Å². The number of aryl methyl sites for hydroxylation is 1. The lowest BCUT2D eigenvalue weighted by molar-refractivity contribution is -0.116. The molecule has 0 spiro atoms. The van der Waals surface area contributed by atoms with Crippen LogP contribution in [0.25, 0.3) is 5.69 Å². The van der Waals surface area contributed by atoms with Crippen molar-refractivity contribution in [3.8, 4) is 5.69 Å². The predicted molar refractivity (Wildman–Crippen MR) is 94.2 cm³/mol. The molecule has 128 valence electrons. The molecule has 0 aliphatic heterocycles. The molecule has 1 atom stereocenters. The second-order valence-electron chi connectivity index (χ2n) is 6.06. The molecule has 0 saturated heterocycles. The highest BCUT2D eigenvalue weighted by molar-refractivity contribution is 5.93. The highest BCUT2D eigenvalue weighted by Crippen LogP contribution is 2.22. The molecule has 1 amide bonds. The van der Waals surface area contributed by atoms with E-state index in [1.807, 2.05) is 26.1 Å². The summed E-state index contributed by atoms with van der Waals surface area (Å²) in [5.74, 6) is -0.550. The standard InChI is InChI=1S/C19H19FN4O/c1-13-10-22-24(12-13)18-6-7-21-11-17(18)23-19(25)8-14(2)15-4-3-5-16(20)9-15/h3-7,9-12,14H,8H2,1-2H3,(H,23,25). The predicted octanol–water partition coefficient (Wildman–Crippen LogP) is 3.85. The Morgan fingerprint density at radius 3 is 2.88 bits per heavy atom. The van der Waals surface area contributed by atoms with E-state index < -0.39 is 0 Å². The Morgan fingerprint density at radius 2 is 2.16 bits per heavy atom. The third kappa shape index (κ3) is 4.09. The lowest BCUT2D eigenvalue weighted by atomic mass is 9.97. The van der Waals surface area contributed by atoms with Crippen molar-refractivity contribution in [2.75, 3.05) is 5.32 Å². The molecule has 0 fully saturated rings. The van der Waals surface area contributed by atoms with Gasteiger partial charge < -0.3 is 5.32 Å². The maximum Gasteiger partial charge on any atom is 0.225 e. The fourth-order valence-corrected chi connectivity index (χ4v) is 2.64. The summed E-state index contributed by atoms with van der Waals surface area (Å²) in [6, 6.07) is 8.11. The number of hydrogen-bond acceptors (Lipinski definition) is 3. The van der Waals surface area contributed by atoms with Crippen LogP contribution in [0.1, 0.15) is 30.4 Å². The molecular formula is C19H19FN4O. The van der Waals surface area contributed by atoms with Crippen LogP contribution >= 0.6 is 0 Å². The van der Waals surface area contributed by atoms with Gasteiger partial charge in [0, 0.05) is 18.8 Å². The lowest BCUT2D eigenvalue weighted by Gasteiger charge is -2.14. The van der Waals surface area contributed by atoms with Gasteiger partial charge >= 0.3 is 0 Å². The van der Waals surface area contributed by atoms with Gasteiger partial charge in [0.25, 0.3) is 0 Å². The van der Waals surface area contributed by atoms with E-state index in [0.29, 0.717) is 5.69 Å². The van der Waals surface area contributed by atoms with E-state index in [9.17, 15) is 9.18 Å². The molecule has 6 heteroatoms. The molecular weight excluding hydrogens is 319 g/mol. The molecule has 0 aliphatic rings. The van der Waals surface area contributed by atoms with Crippen molar-refractivity contribution in [3.63, 3.8) is 0 Å². The van der Waals surface area contributed by atoms with Gasteiger partial charge in [-0.2, -0.15) is 5.10 Å². The summed E-state index contributed by atoms with van der Waals surface area (Å²) in [5, 5.41) is 7.15. The Labute approximate surface area is 145 Å². The summed E-state index contributed by atoms with van der Waals surface area (Å²) in [6.45, 7) is 3.85. The molecule has 3 rings (SSSR count). The molecule has 1 aromatic carbocycles. The van der Waals surface area contributed by atoms with E-state index in [0.717, 1.165) is 16.8 Å². The second kappa shape index (κ2) is 7.25. The highest BCUT2D eigenvalue weighted by Gasteiger charge is 2.14. The van der Waals surface area contributed by atoms with Crippen LogP contribution < -0.4 is 5.32 Å². The lowest BCUT2D eigenvalue weighted by Crippen LogP contribution is -2.16. The van der Waals surface area contributed by atoms with Gasteiger partial charge in [0.1, 0.15) is 5.82 Å². The molecule has 25 heavy (non-hydrogen) atoms. The number of carbonyl (C=O) groups is 1. The van der Waals surface area contributed by atoms with E-state index in [4.69, 9.17) is 0 Å². The third-order valence-corrected chi connectivity index (χ3v) is 3.94. The number of aromatic nitrogens is 3. The Morgan fingerprint density at radius 1 is 1.32 bits per heavy atom. The van der Waals surface area contributed by atoms with Gasteiger partial charge in [-0.3, -0.25) is 9.78 Å². The summed E-state index contributed by atoms with van der Waals surface area (Å²) < 4.78 is 15.0. The number of anilines is 1. The van der Waals surface area contributed by atoms with Gasteiger partial charge in [-0.1, -0.05) is 19.1 Å². The van der Waals surface area contributed by atoms with Gasteiger partial charge in [-0.25, -0.2) is 9.07 Å². The number of rotatable bonds is 5. The zero-order valence-electron chi connectivity index (χ0n) is 14.1. The molecule has 1 N–H and O–H groups in total. The summed E-state index contributed by atoms with van der Waals surface area (Å²) in [5.41, 5.74) is 3.15. The van der Waals surface area contributed by atoms with Crippen molar-refractivity contribution < 1.29 is 9.18 Å². The van der Waals surface area contributed by atoms with Crippen LogP contribution in [0.2, 0.25) is 0 Å². The summed E-state index contributed by atoms with van der Waals surface area (Å²) in [4.78, 5) is 16.5. The third-order valence-electron chi connectivity index (χ3n) is 3.94. The SMILES string of the molecule is Cc1cnn(-c2ccncc2NC(=O)CC(C)c2cccc(F)c2)c1. The zero-order chi connectivity index (χ0) is 17.8. The first-order valence-corrected chi connectivity index (χ1v) is 8.04. The molecule has 5 nitrogen and oxygen atoms in total. The largest absolute Gasteiger partial charge is 0.323 e. The molecule has 0 saturated carbocycles. The molecule has 1 unspecified atom stereocenters. The quantitative estimate of drug-likeness (QED) is 0.769. The van der Waals surface area contributed by atoms with Gasteiger partial charge in [0.15, 0.2) is 0 Å². The van der Waals surface area contributed by atoms with Crippen molar-refractivity contribution in [1.29, 1.82) is 0 Å². The second-order valence-corrected chi connectivity index (χ2v) is 6.06. The van der Waals surface area contributed by atoms with Crippen LogP contribution in [0.5, 0.6) is 0 Å². The minimum atomic E-state index is -0.298. The smallest absolute Gasteiger partial charge is 0.225 e. The number of hydrogen-bond donors (Lipinski definition) is 1.